The van der Waals surface area contributed by atoms with E-state index < -0.39 is 10.0 Å². The van der Waals surface area contributed by atoms with Gasteiger partial charge in [-0.15, -0.1) is 0 Å². The normalized spacial score (nSPS) is 25.1. The molecule has 0 amide bonds. The van der Waals surface area contributed by atoms with E-state index in [4.69, 9.17) is 5.73 Å². The van der Waals surface area contributed by atoms with Crippen LogP contribution in [-0.2, 0) is 10.0 Å². The van der Waals surface area contributed by atoms with Gasteiger partial charge in [-0.3, -0.25) is 0 Å². The van der Waals surface area contributed by atoms with Crippen LogP contribution in [0.4, 0.5) is 0 Å². The molecule has 102 valence electrons. The lowest BCUT2D eigenvalue weighted by atomic mass is 10.0. The first-order valence-corrected chi connectivity index (χ1v) is 7.98. The highest BCUT2D eigenvalue weighted by Crippen LogP contribution is 2.27. The Hall–Kier alpha value is -0.130. The largest absolute Gasteiger partial charge is 0.328 e. The SMILES string of the molecule is CC(N)CC1CCCN1S(=O)(=O)CC(C)(C)C. The molecule has 17 heavy (non-hydrogen) atoms. The topological polar surface area (TPSA) is 63.4 Å². The third-order valence-electron chi connectivity index (χ3n) is 2.94. The third kappa shape index (κ3) is 4.56. The Morgan fingerprint density at radius 2 is 2.00 bits per heavy atom. The molecule has 0 aromatic rings. The summed E-state index contributed by atoms with van der Waals surface area (Å²) in [6, 6.07) is 0.174. The molecule has 0 saturated carbocycles. The monoisotopic (exact) mass is 262 g/mol. The molecule has 1 rings (SSSR count). The molecule has 0 aliphatic carbocycles. The molecule has 1 fully saturated rings. The molecule has 0 spiro atoms. The standard InChI is InChI=1S/C12H26N2O2S/c1-10(13)8-11-6-5-7-14(11)17(15,16)9-12(2,3)4/h10-11H,5-9,13H2,1-4H3. The minimum absolute atomic E-state index is 0.0606. The first-order valence-electron chi connectivity index (χ1n) is 6.37. The van der Waals surface area contributed by atoms with E-state index in [1.807, 2.05) is 27.7 Å². The number of nitrogens with zero attached hydrogens (tertiary/aromatic N) is 1. The summed E-state index contributed by atoms with van der Waals surface area (Å²) in [4.78, 5) is 0. The first kappa shape index (κ1) is 14.9. The first-order chi connectivity index (χ1) is 7.62. The van der Waals surface area contributed by atoms with Gasteiger partial charge in [0.15, 0.2) is 0 Å². The number of hydrogen-bond acceptors (Lipinski definition) is 3. The van der Waals surface area contributed by atoms with E-state index in [1.165, 1.54) is 0 Å². The van der Waals surface area contributed by atoms with Crippen LogP contribution in [-0.4, -0.2) is 37.1 Å². The van der Waals surface area contributed by atoms with Gasteiger partial charge in [-0.2, -0.15) is 4.31 Å². The van der Waals surface area contributed by atoms with Gasteiger partial charge in [0.1, 0.15) is 0 Å². The Bertz CT molecular complexity index is 344. The van der Waals surface area contributed by atoms with Crippen molar-refractivity contribution < 1.29 is 8.42 Å². The maximum Gasteiger partial charge on any atom is 0.214 e. The van der Waals surface area contributed by atoms with Gasteiger partial charge in [-0.05, 0) is 31.6 Å². The second-order valence-corrected chi connectivity index (χ2v) is 8.36. The third-order valence-corrected chi connectivity index (χ3v) is 5.37. The average Bonchev–Trinajstić information content (AvgIpc) is 2.46. The van der Waals surface area contributed by atoms with Crippen LogP contribution in [0.3, 0.4) is 0 Å². The van der Waals surface area contributed by atoms with Crippen molar-refractivity contribution >= 4 is 10.0 Å². The van der Waals surface area contributed by atoms with Crippen molar-refractivity contribution in [1.82, 2.24) is 4.31 Å². The zero-order valence-corrected chi connectivity index (χ0v) is 12.3. The number of rotatable bonds is 4. The molecule has 1 saturated heterocycles. The lowest BCUT2D eigenvalue weighted by Crippen LogP contribution is -2.42. The predicted molar refractivity (Wildman–Crippen MR) is 71.2 cm³/mol. The van der Waals surface area contributed by atoms with Crippen LogP contribution in [0, 0.1) is 5.41 Å². The van der Waals surface area contributed by atoms with Crippen LogP contribution in [0.1, 0.15) is 47.0 Å². The van der Waals surface area contributed by atoms with Crippen LogP contribution in [0.2, 0.25) is 0 Å². The van der Waals surface area contributed by atoms with Gasteiger partial charge in [0.05, 0.1) is 5.75 Å². The number of hydrogen-bond donors (Lipinski definition) is 1. The van der Waals surface area contributed by atoms with Crippen molar-refractivity contribution in [3.63, 3.8) is 0 Å². The summed E-state index contributed by atoms with van der Waals surface area (Å²) >= 11 is 0. The van der Waals surface area contributed by atoms with Crippen LogP contribution >= 0.6 is 0 Å². The van der Waals surface area contributed by atoms with Crippen LogP contribution in [0.25, 0.3) is 0 Å². The molecule has 4 nitrogen and oxygen atoms in total. The molecular weight excluding hydrogens is 236 g/mol. The fourth-order valence-corrected chi connectivity index (χ4v) is 4.78. The molecule has 2 N–H and O–H groups in total. The lowest BCUT2D eigenvalue weighted by Gasteiger charge is -2.28. The molecule has 2 unspecified atom stereocenters. The molecule has 0 radical (unpaired) electrons. The Morgan fingerprint density at radius 3 is 2.47 bits per heavy atom. The van der Waals surface area contributed by atoms with Gasteiger partial charge in [-0.1, -0.05) is 20.8 Å². The lowest BCUT2D eigenvalue weighted by molar-refractivity contribution is 0.345. The average molecular weight is 262 g/mol. The molecular formula is C12H26N2O2S. The highest BCUT2D eigenvalue weighted by Gasteiger charge is 2.36. The Kier molecular flexibility index (Phi) is 4.60. The van der Waals surface area contributed by atoms with E-state index in [-0.39, 0.29) is 23.3 Å². The quantitative estimate of drug-likeness (QED) is 0.836. The Balaban J connectivity index is 2.76. The molecule has 1 heterocycles. The van der Waals surface area contributed by atoms with Gasteiger partial charge in [-0.25, -0.2) is 8.42 Å². The van der Waals surface area contributed by atoms with Crippen molar-refractivity contribution in [3.8, 4) is 0 Å². The van der Waals surface area contributed by atoms with Gasteiger partial charge >= 0.3 is 0 Å². The summed E-state index contributed by atoms with van der Waals surface area (Å²) in [6.07, 6.45) is 2.68. The summed E-state index contributed by atoms with van der Waals surface area (Å²) in [5.74, 6) is 0.218. The fourth-order valence-electron chi connectivity index (χ4n) is 2.47. The van der Waals surface area contributed by atoms with Crippen molar-refractivity contribution in [1.29, 1.82) is 0 Å². The number of nitrogens with two attached hydrogens (primary N) is 1. The van der Waals surface area contributed by atoms with E-state index in [0.717, 1.165) is 19.3 Å². The van der Waals surface area contributed by atoms with Gasteiger partial charge in [0, 0.05) is 18.6 Å². The predicted octanol–water partition coefficient (Wildman–Crippen LogP) is 1.56. The number of sulfonamides is 1. The zero-order valence-electron chi connectivity index (χ0n) is 11.4. The van der Waals surface area contributed by atoms with Crippen LogP contribution in [0.15, 0.2) is 0 Å². The summed E-state index contributed by atoms with van der Waals surface area (Å²) in [7, 11) is -3.13. The summed E-state index contributed by atoms with van der Waals surface area (Å²) in [5, 5.41) is 0. The minimum Gasteiger partial charge on any atom is -0.328 e. The maximum absolute atomic E-state index is 12.3. The van der Waals surface area contributed by atoms with Gasteiger partial charge in [0.2, 0.25) is 10.0 Å². The van der Waals surface area contributed by atoms with Crippen molar-refractivity contribution in [3.05, 3.63) is 0 Å². The minimum atomic E-state index is -3.13. The van der Waals surface area contributed by atoms with Crippen molar-refractivity contribution in [2.24, 2.45) is 11.1 Å². The molecule has 1 aliphatic rings. The highest BCUT2D eigenvalue weighted by atomic mass is 32.2. The summed E-state index contributed by atoms with van der Waals surface area (Å²) < 4.78 is 26.3. The fraction of sp³-hybridized carbons (Fsp3) is 1.00. The van der Waals surface area contributed by atoms with Gasteiger partial charge in [0.25, 0.3) is 0 Å². The van der Waals surface area contributed by atoms with Gasteiger partial charge < -0.3 is 5.73 Å². The van der Waals surface area contributed by atoms with Crippen LogP contribution in [0.5, 0.6) is 0 Å². The van der Waals surface area contributed by atoms with E-state index in [0.29, 0.717) is 6.54 Å². The second-order valence-electron chi connectivity index (χ2n) is 6.44. The second kappa shape index (κ2) is 5.24. The molecule has 0 bridgehead atoms. The molecule has 0 aromatic heterocycles. The van der Waals surface area contributed by atoms with E-state index >= 15 is 0 Å². The maximum atomic E-state index is 12.3. The smallest absolute Gasteiger partial charge is 0.214 e. The zero-order chi connectivity index (χ0) is 13.3. The van der Waals surface area contributed by atoms with Crippen molar-refractivity contribution in [2.75, 3.05) is 12.3 Å². The van der Waals surface area contributed by atoms with E-state index in [2.05, 4.69) is 0 Å². The summed E-state index contributed by atoms with van der Waals surface area (Å²) in [6.45, 7) is 8.48. The molecule has 1 aliphatic heterocycles. The van der Waals surface area contributed by atoms with E-state index in [1.54, 1.807) is 4.31 Å². The van der Waals surface area contributed by atoms with Crippen molar-refractivity contribution in [2.45, 2.75) is 59.0 Å². The Morgan fingerprint density at radius 1 is 1.41 bits per heavy atom. The van der Waals surface area contributed by atoms with E-state index in [9.17, 15) is 8.42 Å². The molecule has 5 heteroatoms. The highest BCUT2D eigenvalue weighted by molar-refractivity contribution is 7.89. The molecule has 2 atom stereocenters. The van der Waals surface area contributed by atoms with Crippen LogP contribution < -0.4 is 5.73 Å². The molecule has 0 aromatic carbocycles. The Labute approximate surface area is 106 Å². The summed E-state index contributed by atoms with van der Waals surface area (Å²) in [5.41, 5.74) is 5.59.